The number of rotatable bonds is 3. The summed E-state index contributed by atoms with van der Waals surface area (Å²) in [5.74, 6) is 0. The highest BCUT2D eigenvalue weighted by atomic mass is 28.4. The Hall–Kier alpha value is -1.06. The van der Waals surface area contributed by atoms with Gasteiger partial charge in [-0.05, 0) is 18.2 Å². The number of nitriles is 1. The molecule has 0 aliphatic rings. The maximum absolute atomic E-state index is 9.00. The molecule has 92 valence electrons. The normalized spacial score (nSPS) is 12.1. The van der Waals surface area contributed by atoms with Crippen LogP contribution in [0.25, 0.3) is 0 Å². The zero-order chi connectivity index (χ0) is 13.3. The molecule has 0 bridgehead atoms. The van der Waals surface area contributed by atoms with Crippen molar-refractivity contribution in [2.75, 3.05) is 4.23 Å². The molecule has 0 heterocycles. The standard InChI is InChI=1S/C13H22N2Si2/c1-16(2,3)15(17(4,5)6)13-9-7-8-12(10-13)11-14/h7-10H,1-6H3. The number of anilines is 1. The molecular formula is C13H22N2Si2. The number of nitrogens with zero attached hydrogens (tertiary/aromatic N) is 2. The third-order valence-corrected chi connectivity index (χ3v) is 9.80. The fraction of sp³-hybridized carbons (Fsp3) is 0.462. The SMILES string of the molecule is C[Si](C)(C)N(c1cccc(C#N)c1)[Si](C)(C)C. The maximum Gasteiger partial charge on any atom is 0.138 e. The molecule has 1 aromatic rings. The zero-order valence-electron chi connectivity index (χ0n) is 11.7. The Morgan fingerprint density at radius 3 is 1.94 bits per heavy atom. The molecule has 0 aliphatic carbocycles. The second kappa shape index (κ2) is 4.67. The van der Waals surface area contributed by atoms with Crippen molar-refractivity contribution in [1.29, 1.82) is 5.26 Å². The molecule has 0 aliphatic heterocycles. The molecule has 0 N–H and O–H groups in total. The molecule has 0 saturated heterocycles. The van der Waals surface area contributed by atoms with Crippen LogP contribution >= 0.6 is 0 Å². The van der Waals surface area contributed by atoms with Gasteiger partial charge in [-0.3, -0.25) is 0 Å². The van der Waals surface area contributed by atoms with E-state index in [1.54, 1.807) is 0 Å². The molecule has 0 spiro atoms. The van der Waals surface area contributed by atoms with Crippen LogP contribution in [0.2, 0.25) is 39.3 Å². The fourth-order valence-corrected chi connectivity index (χ4v) is 12.4. The molecule has 0 aromatic heterocycles. The van der Waals surface area contributed by atoms with Gasteiger partial charge in [-0.2, -0.15) is 5.26 Å². The summed E-state index contributed by atoms with van der Waals surface area (Å²) < 4.78 is 2.63. The summed E-state index contributed by atoms with van der Waals surface area (Å²) in [5.41, 5.74) is 1.98. The lowest BCUT2D eigenvalue weighted by Crippen LogP contribution is -2.59. The number of hydrogen-bond acceptors (Lipinski definition) is 2. The van der Waals surface area contributed by atoms with Gasteiger partial charge in [-0.25, -0.2) is 0 Å². The van der Waals surface area contributed by atoms with Crippen molar-refractivity contribution in [2.24, 2.45) is 0 Å². The Morgan fingerprint density at radius 2 is 1.53 bits per heavy atom. The minimum Gasteiger partial charge on any atom is -0.425 e. The fourth-order valence-electron chi connectivity index (χ4n) is 2.50. The highest BCUT2D eigenvalue weighted by Gasteiger charge is 2.34. The second-order valence-electron chi connectivity index (χ2n) is 6.34. The van der Waals surface area contributed by atoms with E-state index in [2.05, 4.69) is 55.6 Å². The summed E-state index contributed by atoms with van der Waals surface area (Å²) in [7, 11) is -2.83. The topological polar surface area (TPSA) is 27.0 Å². The smallest absolute Gasteiger partial charge is 0.138 e. The first-order chi connectivity index (χ1) is 7.66. The Balaban J connectivity index is 3.29. The van der Waals surface area contributed by atoms with Crippen LogP contribution in [0.15, 0.2) is 24.3 Å². The minimum absolute atomic E-state index is 0.754. The van der Waals surface area contributed by atoms with Crippen molar-refractivity contribution < 1.29 is 0 Å². The summed E-state index contributed by atoms with van der Waals surface area (Å²) >= 11 is 0. The first-order valence-corrected chi connectivity index (χ1v) is 12.9. The molecular weight excluding hydrogens is 240 g/mol. The van der Waals surface area contributed by atoms with Crippen LogP contribution in [0.1, 0.15) is 5.56 Å². The van der Waals surface area contributed by atoms with E-state index < -0.39 is 16.5 Å². The molecule has 17 heavy (non-hydrogen) atoms. The van der Waals surface area contributed by atoms with Crippen molar-refractivity contribution in [3.05, 3.63) is 29.8 Å². The Labute approximate surface area is 107 Å². The molecule has 1 rings (SSSR count). The molecule has 1 aromatic carbocycles. The van der Waals surface area contributed by atoms with Crippen molar-refractivity contribution in [2.45, 2.75) is 39.3 Å². The summed E-state index contributed by atoms with van der Waals surface area (Å²) in [6, 6.07) is 10.2. The lowest BCUT2D eigenvalue weighted by molar-refractivity contribution is 1.34. The van der Waals surface area contributed by atoms with Crippen molar-refractivity contribution in [3.8, 4) is 6.07 Å². The Morgan fingerprint density at radius 1 is 1.00 bits per heavy atom. The molecule has 0 fully saturated rings. The summed E-state index contributed by atoms with van der Waals surface area (Å²) in [4.78, 5) is 0. The van der Waals surface area contributed by atoms with Gasteiger partial charge in [0.05, 0.1) is 11.6 Å². The number of hydrogen-bond donors (Lipinski definition) is 0. The van der Waals surface area contributed by atoms with Crippen molar-refractivity contribution in [3.63, 3.8) is 0 Å². The largest absolute Gasteiger partial charge is 0.425 e. The first-order valence-electron chi connectivity index (χ1n) is 5.97. The Bertz CT molecular complexity index is 422. The van der Waals surface area contributed by atoms with Gasteiger partial charge in [0.15, 0.2) is 0 Å². The van der Waals surface area contributed by atoms with Crippen LogP contribution < -0.4 is 4.23 Å². The monoisotopic (exact) mass is 262 g/mol. The highest BCUT2D eigenvalue weighted by Crippen LogP contribution is 2.28. The molecule has 0 atom stereocenters. The van der Waals surface area contributed by atoms with E-state index in [0.717, 1.165) is 5.56 Å². The van der Waals surface area contributed by atoms with E-state index in [1.807, 2.05) is 18.2 Å². The van der Waals surface area contributed by atoms with E-state index >= 15 is 0 Å². The van der Waals surface area contributed by atoms with Gasteiger partial charge in [0.2, 0.25) is 0 Å². The van der Waals surface area contributed by atoms with Gasteiger partial charge in [0.25, 0.3) is 0 Å². The summed E-state index contributed by atoms with van der Waals surface area (Å²) in [5, 5.41) is 9.00. The third-order valence-electron chi connectivity index (χ3n) is 2.58. The average Bonchev–Trinajstić information content (AvgIpc) is 2.13. The molecule has 0 saturated carbocycles. The van der Waals surface area contributed by atoms with E-state index in [9.17, 15) is 0 Å². The van der Waals surface area contributed by atoms with Gasteiger partial charge in [-0.15, -0.1) is 0 Å². The predicted octanol–water partition coefficient (Wildman–Crippen LogP) is 4.03. The lowest BCUT2D eigenvalue weighted by Gasteiger charge is -2.46. The first kappa shape index (κ1) is 14.0. The maximum atomic E-state index is 9.00. The van der Waals surface area contributed by atoms with Gasteiger partial charge < -0.3 is 4.23 Å². The van der Waals surface area contributed by atoms with E-state index in [-0.39, 0.29) is 0 Å². The van der Waals surface area contributed by atoms with Gasteiger partial charge in [-0.1, -0.05) is 45.3 Å². The highest BCUT2D eigenvalue weighted by molar-refractivity contribution is 6.99. The van der Waals surface area contributed by atoms with Crippen LogP contribution in [0, 0.1) is 11.3 Å². The van der Waals surface area contributed by atoms with E-state index in [4.69, 9.17) is 5.26 Å². The molecule has 0 amide bonds. The third kappa shape index (κ3) is 3.45. The van der Waals surface area contributed by atoms with Crippen LogP contribution in [-0.2, 0) is 0 Å². The van der Waals surface area contributed by atoms with Crippen LogP contribution in [0.5, 0.6) is 0 Å². The quantitative estimate of drug-likeness (QED) is 0.769. The van der Waals surface area contributed by atoms with Gasteiger partial charge in [0, 0.05) is 5.69 Å². The summed E-state index contributed by atoms with van der Waals surface area (Å²) in [6.07, 6.45) is 0. The minimum atomic E-state index is -1.41. The van der Waals surface area contributed by atoms with Crippen molar-refractivity contribution >= 4 is 22.2 Å². The van der Waals surface area contributed by atoms with Crippen molar-refractivity contribution in [1.82, 2.24) is 0 Å². The predicted molar refractivity (Wildman–Crippen MR) is 80.3 cm³/mol. The molecule has 0 unspecified atom stereocenters. The van der Waals surface area contributed by atoms with Crippen LogP contribution in [0.3, 0.4) is 0 Å². The molecule has 4 heteroatoms. The zero-order valence-corrected chi connectivity index (χ0v) is 13.7. The average molecular weight is 263 g/mol. The number of benzene rings is 1. The van der Waals surface area contributed by atoms with Crippen LogP contribution in [0.4, 0.5) is 5.69 Å². The lowest BCUT2D eigenvalue weighted by atomic mass is 10.2. The summed E-state index contributed by atoms with van der Waals surface area (Å²) in [6.45, 7) is 14.2. The second-order valence-corrected chi connectivity index (χ2v) is 16.4. The van der Waals surface area contributed by atoms with E-state index in [0.29, 0.717) is 0 Å². The Kier molecular flexibility index (Phi) is 3.85. The molecule has 2 nitrogen and oxygen atoms in total. The van der Waals surface area contributed by atoms with Gasteiger partial charge >= 0.3 is 0 Å². The van der Waals surface area contributed by atoms with Crippen LogP contribution in [-0.4, -0.2) is 16.5 Å². The molecule has 0 radical (unpaired) electrons. The van der Waals surface area contributed by atoms with E-state index in [1.165, 1.54) is 5.69 Å². The van der Waals surface area contributed by atoms with Gasteiger partial charge in [0.1, 0.15) is 16.5 Å².